The van der Waals surface area contributed by atoms with E-state index in [0.29, 0.717) is 12.2 Å². The normalized spacial score (nSPS) is 19.9. The molecule has 13 heavy (non-hydrogen) atoms. The molecule has 1 aromatic rings. The second-order valence-corrected chi connectivity index (χ2v) is 2.88. The predicted octanol–water partition coefficient (Wildman–Crippen LogP) is 0.906. The summed E-state index contributed by atoms with van der Waals surface area (Å²) in [6, 6.07) is 4.60. The number of hydrogen-bond donors (Lipinski definition) is 2. The van der Waals surface area contributed by atoms with E-state index >= 15 is 0 Å². The van der Waals surface area contributed by atoms with Crippen molar-refractivity contribution >= 4 is 5.97 Å². The summed E-state index contributed by atoms with van der Waals surface area (Å²) in [5.74, 6) is -0.998. The van der Waals surface area contributed by atoms with Crippen LogP contribution in [0, 0.1) is 0 Å². The average molecular weight is 180 g/mol. The number of aliphatic hydroxyl groups is 1. The van der Waals surface area contributed by atoms with Gasteiger partial charge in [-0.1, -0.05) is 6.07 Å². The Bertz CT molecular complexity index is 359. The molecule has 0 fully saturated rings. The summed E-state index contributed by atoms with van der Waals surface area (Å²) in [5.41, 5.74) is 1.57. The number of benzene rings is 1. The summed E-state index contributed by atoms with van der Waals surface area (Å²) >= 11 is 0. The van der Waals surface area contributed by atoms with E-state index in [2.05, 4.69) is 0 Å². The Kier molecular flexibility index (Phi) is 1.79. The van der Waals surface area contributed by atoms with Gasteiger partial charge in [-0.05, 0) is 17.7 Å². The van der Waals surface area contributed by atoms with E-state index in [1.807, 2.05) is 0 Å². The second kappa shape index (κ2) is 2.83. The molecule has 0 saturated carbocycles. The highest BCUT2D eigenvalue weighted by atomic mass is 16.6. The first-order valence-electron chi connectivity index (χ1n) is 3.84. The molecule has 0 amide bonds. The molecule has 2 N–H and O–H groups in total. The number of aliphatic hydroxyl groups excluding tert-OH is 1. The second-order valence-electron chi connectivity index (χ2n) is 2.88. The van der Waals surface area contributed by atoms with Gasteiger partial charge in [-0.3, -0.25) is 0 Å². The van der Waals surface area contributed by atoms with Gasteiger partial charge < -0.3 is 14.9 Å². The van der Waals surface area contributed by atoms with Crippen LogP contribution in [0.25, 0.3) is 0 Å². The van der Waals surface area contributed by atoms with Crippen LogP contribution in [-0.2, 0) is 11.3 Å². The Hall–Kier alpha value is -1.39. The zero-order chi connectivity index (χ0) is 9.42. The number of carboxylic acid groups (broad SMARTS) is 1. The molecule has 1 aliphatic rings. The number of carboxylic acids is 1. The maximum atomic E-state index is 10.6. The van der Waals surface area contributed by atoms with Gasteiger partial charge in [0.15, 0.2) is 6.29 Å². The third kappa shape index (κ3) is 1.30. The SMILES string of the molecule is O=C(O)c1ccc2c(c1)C(O)OC2. The number of rotatable bonds is 1. The molecule has 1 aliphatic heterocycles. The van der Waals surface area contributed by atoms with Crippen LogP contribution >= 0.6 is 0 Å². The molecule has 4 heteroatoms. The molecule has 0 aromatic heterocycles. The maximum Gasteiger partial charge on any atom is 0.335 e. The van der Waals surface area contributed by atoms with Crippen molar-refractivity contribution in [3.63, 3.8) is 0 Å². The molecule has 0 spiro atoms. The predicted molar refractivity (Wildman–Crippen MR) is 43.2 cm³/mol. The molecule has 0 bridgehead atoms. The van der Waals surface area contributed by atoms with Crippen molar-refractivity contribution in [2.45, 2.75) is 12.9 Å². The Morgan fingerprint density at radius 3 is 3.00 bits per heavy atom. The smallest absolute Gasteiger partial charge is 0.335 e. The maximum absolute atomic E-state index is 10.6. The largest absolute Gasteiger partial charge is 0.478 e. The minimum absolute atomic E-state index is 0.170. The molecule has 0 aliphatic carbocycles. The van der Waals surface area contributed by atoms with E-state index < -0.39 is 12.3 Å². The summed E-state index contributed by atoms with van der Waals surface area (Å²) < 4.78 is 4.92. The monoisotopic (exact) mass is 180 g/mol. The molecule has 1 aromatic carbocycles. The zero-order valence-electron chi connectivity index (χ0n) is 6.73. The Labute approximate surface area is 74.4 Å². The molecule has 1 atom stereocenters. The Balaban J connectivity index is 2.47. The first-order chi connectivity index (χ1) is 6.18. The molecule has 0 radical (unpaired) electrons. The molecule has 1 unspecified atom stereocenters. The Morgan fingerprint density at radius 1 is 1.54 bits per heavy atom. The molecule has 0 saturated heterocycles. The van der Waals surface area contributed by atoms with Crippen LogP contribution in [-0.4, -0.2) is 16.2 Å². The van der Waals surface area contributed by atoms with E-state index in [1.54, 1.807) is 6.07 Å². The Morgan fingerprint density at radius 2 is 2.31 bits per heavy atom. The number of aromatic carboxylic acids is 1. The van der Waals surface area contributed by atoms with Gasteiger partial charge >= 0.3 is 5.97 Å². The van der Waals surface area contributed by atoms with Gasteiger partial charge in [0.25, 0.3) is 0 Å². The molecule has 1 heterocycles. The molecule has 68 valence electrons. The fraction of sp³-hybridized carbons (Fsp3) is 0.222. The van der Waals surface area contributed by atoms with Crippen LogP contribution < -0.4 is 0 Å². The van der Waals surface area contributed by atoms with Gasteiger partial charge in [0.05, 0.1) is 12.2 Å². The minimum atomic E-state index is -0.998. The number of hydrogen-bond acceptors (Lipinski definition) is 3. The number of carbonyl (C=O) groups is 1. The van der Waals surface area contributed by atoms with Crippen molar-refractivity contribution in [1.29, 1.82) is 0 Å². The summed E-state index contributed by atoms with van der Waals surface area (Å²) in [7, 11) is 0. The first-order valence-corrected chi connectivity index (χ1v) is 3.84. The third-order valence-electron chi connectivity index (χ3n) is 2.06. The van der Waals surface area contributed by atoms with Gasteiger partial charge in [0.2, 0.25) is 0 Å². The van der Waals surface area contributed by atoms with Gasteiger partial charge in [0.1, 0.15) is 0 Å². The standard InChI is InChI=1S/C9H8O4/c10-8(11)5-1-2-6-4-13-9(12)7(6)3-5/h1-3,9,12H,4H2,(H,10,11). The van der Waals surface area contributed by atoms with Crippen LogP contribution in [0.5, 0.6) is 0 Å². The lowest BCUT2D eigenvalue weighted by Crippen LogP contribution is -1.99. The van der Waals surface area contributed by atoms with Crippen LogP contribution in [0.2, 0.25) is 0 Å². The third-order valence-corrected chi connectivity index (χ3v) is 2.06. The molecular formula is C9H8O4. The van der Waals surface area contributed by atoms with Crippen LogP contribution in [0.1, 0.15) is 27.8 Å². The zero-order valence-corrected chi connectivity index (χ0v) is 6.73. The fourth-order valence-electron chi connectivity index (χ4n) is 1.35. The lowest BCUT2D eigenvalue weighted by atomic mass is 10.1. The highest BCUT2D eigenvalue weighted by molar-refractivity contribution is 5.87. The minimum Gasteiger partial charge on any atom is -0.478 e. The fourth-order valence-corrected chi connectivity index (χ4v) is 1.35. The van der Waals surface area contributed by atoms with Gasteiger partial charge in [-0.25, -0.2) is 4.79 Å². The summed E-state index contributed by atoms with van der Waals surface area (Å²) in [6.07, 6.45) is -0.978. The van der Waals surface area contributed by atoms with Crippen molar-refractivity contribution in [1.82, 2.24) is 0 Å². The van der Waals surface area contributed by atoms with Crippen molar-refractivity contribution in [3.05, 3.63) is 34.9 Å². The van der Waals surface area contributed by atoms with Crippen LogP contribution in [0.15, 0.2) is 18.2 Å². The molecule has 2 rings (SSSR count). The number of fused-ring (bicyclic) bond motifs is 1. The molecular weight excluding hydrogens is 172 g/mol. The van der Waals surface area contributed by atoms with E-state index in [1.165, 1.54) is 12.1 Å². The van der Waals surface area contributed by atoms with Crippen molar-refractivity contribution < 1.29 is 19.7 Å². The van der Waals surface area contributed by atoms with Gasteiger partial charge in [-0.15, -0.1) is 0 Å². The highest BCUT2D eigenvalue weighted by Crippen LogP contribution is 2.28. The molecule has 4 nitrogen and oxygen atoms in total. The van der Waals surface area contributed by atoms with Gasteiger partial charge in [-0.2, -0.15) is 0 Å². The van der Waals surface area contributed by atoms with Crippen LogP contribution in [0.4, 0.5) is 0 Å². The van der Waals surface area contributed by atoms with E-state index in [-0.39, 0.29) is 5.56 Å². The van der Waals surface area contributed by atoms with E-state index in [9.17, 15) is 9.90 Å². The van der Waals surface area contributed by atoms with E-state index in [4.69, 9.17) is 9.84 Å². The summed E-state index contributed by atoms with van der Waals surface area (Å²) in [4.78, 5) is 10.6. The highest BCUT2D eigenvalue weighted by Gasteiger charge is 2.21. The summed E-state index contributed by atoms with van der Waals surface area (Å²) in [6.45, 7) is 0.344. The van der Waals surface area contributed by atoms with E-state index in [0.717, 1.165) is 5.56 Å². The van der Waals surface area contributed by atoms with Crippen molar-refractivity contribution in [2.24, 2.45) is 0 Å². The van der Waals surface area contributed by atoms with Crippen LogP contribution in [0.3, 0.4) is 0 Å². The topological polar surface area (TPSA) is 66.8 Å². The lowest BCUT2D eigenvalue weighted by Gasteiger charge is -2.02. The van der Waals surface area contributed by atoms with Crippen molar-refractivity contribution in [2.75, 3.05) is 0 Å². The average Bonchev–Trinajstić information content (AvgIpc) is 2.47. The first kappa shape index (κ1) is 8.22. The van der Waals surface area contributed by atoms with Crippen molar-refractivity contribution in [3.8, 4) is 0 Å². The van der Waals surface area contributed by atoms with Gasteiger partial charge in [0, 0.05) is 5.56 Å². The quantitative estimate of drug-likeness (QED) is 0.674. The number of ether oxygens (including phenoxy) is 1. The summed E-state index contributed by atoms with van der Waals surface area (Å²) in [5, 5.41) is 18.0. The lowest BCUT2D eigenvalue weighted by molar-refractivity contribution is -0.0918.